The number of imidazole rings is 1. The van der Waals surface area contributed by atoms with Crippen LogP contribution in [-0.4, -0.2) is 20.3 Å². The van der Waals surface area contributed by atoms with Gasteiger partial charge in [-0.05, 0) is 23.8 Å². The number of esters is 1. The summed E-state index contributed by atoms with van der Waals surface area (Å²) in [5.74, 6) is 0.193. The minimum absolute atomic E-state index is 0.230. The molecule has 3 heterocycles. The fraction of sp³-hybridized carbons (Fsp3) is 0.115. The van der Waals surface area contributed by atoms with Gasteiger partial charge in [-0.15, -0.1) is 0 Å². The Bertz CT molecular complexity index is 1430. The number of carbonyl (C=O) groups is 1. The number of carbonyl (C=O) groups excluding carboxylic acids is 1. The minimum atomic E-state index is -0.466. The number of furan rings is 1. The lowest BCUT2D eigenvalue weighted by molar-refractivity contribution is -0.132. The second-order valence-corrected chi connectivity index (χ2v) is 7.61. The maximum atomic E-state index is 14.5. The van der Waals surface area contributed by atoms with Crippen molar-refractivity contribution in [2.24, 2.45) is 0 Å². The Morgan fingerprint density at radius 2 is 1.76 bits per heavy atom. The van der Waals surface area contributed by atoms with E-state index in [1.807, 2.05) is 36.4 Å². The van der Waals surface area contributed by atoms with Crippen molar-refractivity contribution >= 4 is 11.6 Å². The standard InChI is InChI=1S/C26H20FN3O3/c1-17(31)33-26-23(15-20-11-7-13-32-20)29-25-22(14-19-10-5-6-12-21(19)27)28-24(16-30(25)26)18-8-3-2-4-9-18/h2-13,16H,14-15H2,1H3. The molecule has 2 aromatic carbocycles. The van der Waals surface area contributed by atoms with E-state index < -0.39 is 5.97 Å². The number of hydrogen-bond donors (Lipinski definition) is 0. The number of fused-ring (bicyclic) bond motifs is 1. The quantitative estimate of drug-likeness (QED) is 0.337. The first-order chi connectivity index (χ1) is 16.1. The highest BCUT2D eigenvalue weighted by atomic mass is 19.1. The zero-order valence-electron chi connectivity index (χ0n) is 17.9. The number of nitrogens with zero attached hydrogens (tertiary/aromatic N) is 3. The van der Waals surface area contributed by atoms with Gasteiger partial charge in [0.2, 0.25) is 5.88 Å². The summed E-state index contributed by atoms with van der Waals surface area (Å²) in [5, 5.41) is 0. The molecule has 3 aromatic heterocycles. The van der Waals surface area contributed by atoms with E-state index in [0.717, 1.165) is 5.56 Å². The molecule has 0 unspecified atom stereocenters. The number of ether oxygens (including phenoxy) is 1. The highest BCUT2D eigenvalue weighted by molar-refractivity contribution is 5.70. The molecule has 164 valence electrons. The minimum Gasteiger partial charge on any atom is -0.469 e. The largest absolute Gasteiger partial charge is 0.469 e. The molecule has 0 bridgehead atoms. The Hall–Kier alpha value is -4.26. The molecule has 0 radical (unpaired) electrons. The van der Waals surface area contributed by atoms with Crippen molar-refractivity contribution < 1.29 is 18.3 Å². The number of benzene rings is 2. The third-order valence-electron chi connectivity index (χ3n) is 5.25. The Labute approximate surface area is 189 Å². The zero-order valence-corrected chi connectivity index (χ0v) is 17.9. The van der Waals surface area contributed by atoms with Gasteiger partial charge in [0.1, 0.15) is 17.3 Å². The van der Waals surface area contributed by atoms with Crippen molar-refractivity contribution in [3.05, 3.63) is 108 Å². The van der Waals surface area contributed by atoms with E-state index in [1.54, 1.807) is 41.1 Å². The lowest BCUT2D eigenvalue weighted by Gasteiger charge is -2.10. The van der Waals surface area contributed by atoms with E-state index in [0.29, 0.717) is 46.4 Å². The number of rotatable bonds is 6. The van der Waals surface area contributed by atoms with Gasteiger partial charge >= 0.3 is 5.97 Å². The molecule has 0 fully saturated rings. The number of aromatic nitrogens is 3. The molecule has 0 aliphatic heterocycles. The van der Waals surface area contributed by atoms with Crippen molar-refractivity contribution in [3.8, 4) is 17.1 Å². The average molecular weight is 441 g/mol. The Morgan fingerprint density at radius 3 is 2.48 bits per heavy atom. The van der Waals surface area contributed by atoms with Crippen LogP contribution in [-0.2, 0) is 17.6 Å². The fourth-order valence-electron chi connectivity index (χ4n) is 3.76. The molecule has 0 amide bonds. The van der Waals surface area contributed by atoms with Crippen LogP contribution in [0.25, 0.3) is 16.9 Å². The number of hydrogen-bond acceptors (Lipinski definition) is 5. The molecule has 0 spiro atoms. The molecule has 6 nitrogen and oxygen atoms in total. The van der Waals surface area contributed by atoms with E-state index in [2.05, 4.69) is 0 Å². The van der Waals surface area contributed by atoms with Gasteiger partial charge in [0.05, 0.1) is 24.1 Å². The van der Waals surface area contributed by atoms with Gasteiger partial charge in [0, 0.05) is 25.1 Å². The van der Waals surface area contributed by atoms with Crippen LogP contribution < -0.4 is 4.74 Å². The molecule has 0 atom stereocenters. The van der Waals surface area contributed by atoms with Crippen molar-refractivity contribution in [3.63, 3.8) is 0 Å². The second-order valence-electron chi connectivity index (χ2n) is 7.61. The van der Waals surface area contributed by atoms with Crippen molar-refractivity contribution in [1.82, 2.24) is 14.4 Å². The van der Waals surface area contributed by atoms with E-state index in [4.69, 9.17) is 19.1 Å². The fourth-order valence-corrected chi connectivity index (χ4v) is 3.76. The summed E-state index contributed by atoms with van der Waals surface area (Å²) < 4.78 is 27.2. The third kappa shape index (κ3) is 4.25. The predicted octanol–water partition coefficient (Wildman–Crippen LogP) is 5.24. The maximum Gasteiger partial charge on any atom is 0.309 e. The van der Waals surface area contributed by atoms with Gasteiger partial charge in [0.15, 0.2) is 5.65 Å². The van der Waals surface area contributed by atoms with Crippen LogP contribution in [0.3, 0.4) is 0 Å². The van der Waals surface area contributed by atoms with Crippen LogP contribution in [0.5, 0.6) is 5.88 Å². The molecular formula is C26H20FN3O3. The Kier molecular flexibility index (Phi) is 5.44. The second kappa shape index (κ2) is 8.70. The summed E-state index contributed by atoms with van der Waals surface area (Å²) in [6.45, 7) is 1.34. The molecule has 0 aliphatic rings. The van der Waals surface area contributed by atoms with Gasteiger partial charge in [-0.1, -0.05) is 48.5 Å². The van der Waals surface area contributed by atoms with Gasteiger partial charge in [-0.25, -0.2) is 14.4 Å². The predicted molar refractivity (Wildman–Crippen MR) is 120 cm³/mol. The first-order valence-corrected chi connectivity index (χ1v) is 10.5. The Morgan fingerprint density at radius 1 is 0.970 bits per heavy atom. The molecule has 0 saturated heterocycles. The monoisotopic (exact) mass is 441 g/mol. The van der Waals surface area contributed by atoms with Crippen LogP contribution >= 0.6 is 0 Å². The summed E-state index contributed by atoms with van der Waals surface area (Å²) >= 11 is 0. The molecular weight excluding hydrogens is 421 g/mol. The van der Waals surface area contributed by atoms with Crippen LogP contribution in [0.1, 0.15) is 29.6 Å². The normalized spacial score (nSPS) is 11.1. The summed E-state index contributed by atoms with van der Waals surface area (Å²) in [5.41, 5.74) is 3.63. The molecule has 5 rings (SSSR count). The first kappa shape index (κ1) is 20.6. The molecule has 5 aromatic rings. The molecule has 0 saturated carbocycles. The first-order valence-electron chi connectivity index (χ1n) is 10.5. The summed E-state index contributed by atoms with van der Waals surface area (Å²) in [4.78, 5) is 21.5. The summed E-state index contributed by atoms with van der Waals surface area (Å²) in [6, 6.07) is 19.8. The van der Waals surface area contributed by atoms with E-state index in [1.165, 1.54) is 13.0 Å². The lowest BCUT2D eigenvalue weighted by atomic mass is 10.1. The molecule has 7 heteroatoms. The highest BCUT2D eigenvalue weighted by Crippen LogP contribution is 2.29. The third-order valence-corrected chi connectivity index (χ3v) is 5.25. The van der Waals surface area contributed by atoms with Crippen LogP contribution in [0, 0.1) is 5.82 Å². The van der Waals surface area contributed by atoms with E-state index in [-0.39, 0.29) is 12.2 Å². The molecule has 0 aliphatic carbocycles. The van der Waals surface area contributed by atoms with Gasteiger partial charge < -0.3 is 9.15 Å². The smallest absolute Gasteiger partial charge is 0.309 e. The zero-order chi connectivity index (χ0) is 22.8. The van der Waals surface area contributed by atoms with Gasteiger partial charge in [-0.3, -0.25) is 9.20 Å². The van der Waals surface area contributed by atoms with E-state index in [9.17, 15) is 9.18 Å². The van der Waals surface area contributed by atoms with Crippen LogP contribution in [0.2, 0.25) is 0 Å². The summed E-state index contributed by atoms with van der Waals surface area (Å²) in [7, 11) is 0. The molecule has 0 N–H and O–H groups in total. The van der Waals surface area contributed by atoms with Crippen molar-refractivity contribution in [1.29, 1.82) is 0 Å². The van der Waals surface area contributed by atoms with Gasteiger partial charge in [-0.2, -0.15) is 0 Å². The van der Waals surface area contributed by atoms with Crippen molar-refractivity contribution in [2.75, 3.05) is 0 Å². The Balaban J connectivity index is 1.73. The SMILES string of the molecule is CC(=O)Oc1c(Cc2ccco2)nc2c(Cc3ccccc3F)nc(-c3ccccc3)cn12. The van der Waals surface area contributed by atoms with E-state index >= 15 is 0 Å². The number of halogens is 1. The van der Waals surface area contributed by atoms with Gasteiger partial charge in [0.25, 0.3) is 0 Å². The topological polar surface area (TPSA) is 69.6 Å². The highest BCUT2D eigenvalue weighted by Gasteiger charge is 2.22. The average Bonchev–Trinajstić information content (AvgIpc) is 3.44. The lowest BCUT2D eigenvalue weighted by Crippen LogP contribution is -2.07. The summed E-state index contributed by atoms with van der Waals surface area (Å²) in [6.07, 6.45) is 3.92. The maximum absolute atomic E-state index is 14.5. The molecule has 33 heavy (non-hydrogen) atoms. The van der Waals surface area contributed by atoms with Crippen LogP contribution in [0.15, 0.2) is 83.6 Å². The van der Waals surface area contributed by atoms with Crippen LogP contribution in [0.4, 0.5) is 4.39 Å². The van der Waals surface area contributed by atoms with Crippen molar-refractivity contribution in [2.45, 2.75) is 19.8 Å².